The lowest BCUT2D eigenvalue weighted by molar-refractivity contribution is -0.119. The Bertz CT molecular complexity index is 722. The van der Waals surface area contributed by atoms with Crippen LogP contribution in [-0.4, -0.2) is 18.5 Å². The summed E-state index contributed by atoms with van der Waals surface area (Å²) in [6.07, 6.45) is 0. The molecule has 0 heterocycles. The number of carbonyl (C=O) groups excluding carboxylic acids is 2. The van der Waals surface area contributed by atoms with Crippen LogP contribution in [0.3, 0.4) is 0 Å². The number of rotatable bonds is 4. The summed E-state index contributed by atoms with van der Waals surface area (Å²) in [6.45, 7) is -0.402. The summed E-state index contributed by atoms with van der Waals surface area (Å²) in [4.78, 5) is 23.6. The van der Waals surface area contributed by atoms with Crippen molar-refractivity contribution in [2.75, 3.05) is 11.9 Å². The molecular weight excluding hydrogens is 393 g/mol. The first-order valence-electron chi connectivity index (χ1n) is 6.14. The second-order valence-electron chi connectivity index (χ2n) is 4.23. The topological polar surface area (TPSA) is 55.4 Å². The molecule has 0 aromatic heterocycles. The van der Waals surface area contributed by atoms with E-state index in [0.717, 1.165) is 4.47 Å². The van der Waals surface area contributed by atoms with E-state index >= 15 is 0 Å². The Balaban J connectivity index is 1.92. The van der Waals surface area contributed by atoms with Crippen molar-refractivity contribution in [3.8, 4) is 0 Å². The van der Waals surface area contributed by atoms with Gasteiger partial charge >= 0.3 is 5.97 Å². The molecule has 0 saturated carbocycles. The highest BCUT2D eigenvalue weighted by Crippen LogP contribution is 2.23. The van der Waals surface area contributed by atoms with Crippen LogP contribution in [0.25, 0.3) is 0 Å². The Morgan fingerprint density at radius 3 is 2.50 bits per heavy atom. The first-order chi connectivity index (χ1) is 10.5. The van der Waals surface area contributed by atoms with Gasteiger partial charge in [-0.05, 0) is 46.3 Å². The second kappa shape index (κ2) is 7.63. The molecule has 4 nitrogen and oxygen atoms in total. The monoisotopic (exact) mass is 401 g/mol. The Kier molecular flexibility index (Phi) is 5.83. The van der Waals surface area contributed by atoms with E-state index in [4.69, 9.17) is 27.9 Å². The van der Waals surface area contributed by atoms with Gasteiger partial charge < -0.3 is 10.1 Å². The standard InChI is InChI=1S/C15H10BrCl2NO3/c16-10-3-1-2-4-13(10)19-14(20)8-22-15(21)9-5-6-11(17)12(18)7-9/h1-7H,8H2,(H,19,20). The molecular formula is C15H10BrCl2NO3. The van der Waals surface area contributed by atoms with E-state index in [2.05, 4.69) is 21.2 Å². The Hall–Kier alpha value is -1.56. The van der Waals surface area contributed by atoms with Gasteiger partial charge in [-0.2, -0.15) is 0 Å². The number of anilines is 1. The van der Waals surface area contributed by atoms with Crippen LogP contribution in [0.1, 0.15) is 10.4 Å². The number of benzene rings is 2. The van der Waals surface area contributed by atoms with Crippen molar-refractivity contribution in [2.24, 2.45) is 0 Å². The van der Waals surface area contributed by atoms with Crippen molar-refractivity contribution in [3.63, 3.8) is 0 Å². The van der Waals surface area contributed by atoms with Crippen LogP contribution in [0, 0.1) is 0 Å². The maximum atomic E-state index is 11.8. The zero-order valence-corrected chi connectivity index (χ0v) is 14.2. The van der Waals surface area contributed by atoms with Crippen LogP contribution in [0.4, 0.5) is 5.69 Å². The first-order valence-corrected chi connectivity index (χ1v) is 7.69. The van der Waals surface area contributed by atoms with Crippen molar-refractivity contribution < 1.29 is 14.3 Å². The second-order valence-corrected chi connectivity index (χ2v) is 5.90. The maximum Gasteiger partial charge on any atom is 0.338 e. The van der Waals surface area contributed by atoms with Gasteiger partial charge in [0.2, 0.25) is 0 Å². The van der Waals surface area contributed by atoms with E-state index in [9.17, 15) is 9.59 Å². The van der Waals surface area contributed by atoms with Crippen molar-refractivity contribution >= 4 is 56.7 Å². The van der Waals surface area contributed by atoms with E-state index in [1.807, 2.05) is 6.07 Å². The van der Waals surface area contributed by atoms with Crippen molar-refractivity contribution in [1.29, 1.82) is 0 Å². The summed E-state index contributed by atoms with van der Waals surface area (Å²) >= 11 is 14.9. The lowest BCUT2D eigenvalue weighted by atomic mass is 10.2. The van der Waals surface area contributed by atoms with Crippen molar-refractivity contribution in [1.82, 2.24) is 0 Å². The molecule has 0 unspecified atom stereocenters. The number of hydrogen-bond acceptors (Lipinski definition) is 3. The normalized spacial score (nSPS) is 10.1. The van der Waals surface area contributed by atoms with Gasteiger partial charge in [-0.3, -0.25) is 4.79 Å². The first kappa shape index (κ1) is 16.8. The van der Waals surface area contributed by atoms with E-state index < -0.39 is 18.5 Å². The molecule has 0 aliphatic carbocycles. The van der Waals surface area contributed by atoms with Crippen LogP contribution in [0.5, 0.6) is 0 Å². The number of para-hydroxylation sites is 1. The Morgan fingerprint density at radius 1 is 1.09 bits per heavy atom. The minimum atomic E-state index is -0.652. The number of carbonyl (C=O) groups is 2. The van der Waals surface area contributed by atoms with Crippen LogP contribution < -0.4 is 5.32 Å². The van der Waals surface area contributed by atoms with Gasteiger partial charge in [0.25, 0.3) is 5.91 Å². The summed E-state index contributed by atoms with van der Waals surface area (Å²) in [5.74, 6) is -1.10. The molecule has 0 fully saturated rings. The van der Waals surface area contributed by atoms with Gasteiger partial charge in [0, 0.05) is 4.47 Å². The van der Waals surface area contributed by atoms with Gasteiger partial charge in [0.1, 0.15) is 0 Å². The van der Waals surface area contributed by atoms with Crippen molar-refractivity contribution in [2.45, 2.75) is 0 Å². The Morgan fingerprint density at radius 2 is 1.82 bits per heavy atom. The minimum Gasteiger partial charge on any atom is -0.452 e. The minimum absolute atomic E-state index is 0.225. The molecule has 2 aromatic rings. The summed E-state index contributed by atoms with van der Waals surface area (Å²) in [7, 11) is 0. The summed E-state index contributed by atoms with van der Waals surface area (Å²) in [5, 5.41) is 3.21. The third-order valence-electron chi connectivity index (χ3n) is 2.64. The van der Waals surface area contributed by atoms with E-state index in [0.29, 0.717) is 10.7 Å². The fourth-order valence-electron chi connectivity index (χ4n) is 1.59. The number of ether oxygens (including phenoxy) is 1. The number of amides is 1. The van der Waals surface area contributed by atoms with Crippen LogP contribution in [0.15, 0.2) is 46.9 Å². The van der Waals surface area contributed by atoms with Crippen molar-refractivity contribution in [3.05, 3.63) is 62.5 Å². The molecule has 0 aliphatic rings. The SMILES string of the molecule is O=C(COC(=O)c1ccc(Cl)c(Cl)c1)Nc1ccccc1Br. The molecule has 0 saturated heterocycles. The van der Waals surface area contributed by atoms with Crippen LogP contribution >= 0.6 is 39.1 Å². The molecule has 1 N–H and O–H groups in total. The highest BCUT2D eigenvalue weighted by atomic mass is 79.9. The highest BCUT2D eigenvalue weighted by molar-refractivity contribution is 9.10. The van der Waals surface area contributed by atoms with E-state index in [-0.39, 0.29) is 10.6 Å². The molecule has 2 aromatic carbocycles. The number of hydrogen-bond donors (Lipinski definition) is 1. The lowest BCUT2D eigenvalue weighted by Gasteiger charge is -2.08. The van der Waals surface area contributed by atoms with Gasteiger partial charge in [-0.15, -0.1) is 0 Å². The summed E-state index contributed by atoms with van der Waals surface area (Å²) < 4.78 is 5.66. The maximum absolute atomic E-state index is 11.8. The predicted molar refractivity (Wildman–Crippen MR) is 89.5 cm³/mol. The van der Waals surface area contributed by atoms with E-state index in [1.54, 1.807) is 18.2 Å². The molecule has 2 rings (SSSR count). The highest BCUT2D eigenvalue weighted by Gasteiger charge is 2.12. The number of halogens is 3. The number of esters is 1. The largest absolute Gasteiger partial charge is 0.452 e. The summed E-state index contributed by atoms with van der Waals surface area (Å²) in [6, 6.07) is 11.5. The fourth-order valence-corrected chi connectivity index (χ4v) is 2.27. The van der Waals surface area contributed by atoms with Gasteiger partial charge in [-0.1, -0.05) is 35.3 Å². The summed E-state index contributed by atoms with van der Waals surface area (Å²) in [5.41, 5.74) is 0.821. The number of nitrogens with one attached hydrogen (secondary N) is 1. The third-order valence-corrected chi connectivity index (χ3v) is 4.07. The average Bonchev–Trinajstić information content (AvgIpc) is 2.50. The van der Waals surface area contributed by atoms with Gasteiger partial charge in [0.05, 0.1) is 21.3 Å². The average molecular weight is 403 g/mol. The molecule has 7 heteroatoms. The molecule has 0 aliphatic heterocycles. The zero-order chi connectivity index (χ0) is 16.1. The third kappa shape index (κ3) is 4.47. The molecule has 114 valence electrons. The molecule has 0 radical (unpaired) electrons. The molecule has 0 bridgehead atoms. The molecule has 0 spiro atoms. The predicted octanol–water partition coefficient (Wildman–Crippen LogP) is 4.55. The van der Waals surface area contributed by atoms with Gasteiger partial charge in [-0.25, -0.2) is 4.79 Å². The lowest BCUT2D eigenvalue weighted by Crippen LogP contribution is -2.21. The molecule has 0 atom stereocenters. The fraction of sp³-hybridized carbons (Fsp3) is 0.0667. The Labute approximate surface area is 145 Å². The smallest absolute Gasteiger partial charge is 0.338 e. The molecule has 22 heavy (non-hydrogen) atoms. The van der Waals surface area contributed by atoms with Crippen LogP contribution in [0.2, 0.25) is 10.0 Å². The zero-order valence-electron chi connectivity index (χ0n) is 11.1. The quantitative estimate of drug-likeness (QED) is 0.763. The van der Waals surface area contributed by atoms with Gasteiger partial charge in [0.15, 0.2) is 6.61 Å². The van der Waals surface area contributed by atoms with Crippen LogP contribution in [-0.2, 0) is 9.53 Å². The molecule has 1 amide bonds. The van der Waals surface area contributed by atoms with E-state index in [1.165, 1.54) is 18.2 Å².